The number of fused-ring (bicyclic) bond motifs is 1. The van der Waals surface area contributed by atoms with Crippen LogP contribution in [0.3, 0.4) is 0 Å². The lowest BCUT2D eigenvalue weighted by Crippen LogP contribution is -2.24. The van der Waals surface area contributed by atoms with Crippen LogP contribution in [0.2, 0.25) is 0 Å². The average molecular weight is 371 g/mol. The third-order valence-corrected chi connectivity index (χ3v) is 3.75. The number of benzene rings is 1. The third-order valence-electron chi connectivity index (χ3n) is 3.75. The standard InChI is InChI=1S/C21H29NO2.CO2/c1-20(2,3)13-9-10-15-14-17(19(23)24-21(4,5)6)16-11-7-8-12-18(16)22-15;2-1-3/h7-8,11-12,14H,9-10,13H2,1-6H3;. The lowest BCUT2D eigenvalue weighted by Gasteiger charge is -2.20. The van der Waals surface area contributed by atoms with Gasteiger partial charge in [-0.05, 0) is 57.6 Å². The van der Waals surface area contributed by atoms with Crippen LogP contribution in [0.15, 0.2) is 30.3 Å². The molecule has 0 amide bonds. The maximum atomic E-state index is 12.6. The average Bonchev–Trinajstić information content (AvgIpc) is 2.52. The first-order valence-electron chi connectivity index (χ1n) is 9.08. The van der Waals surface area contributed by atoms with Crippen LogP contribution in [0.5, 0.6) is 0 Å². The molecule has 0 spiro atoms. The molecular weight excluding hydrogens is 342 g/mol. The molecule has 0 radical (unpaired) electrons. The van der Waals surface area contributed by atoms with Crippen LogP contribution < -0.4 is 0 Å². The van der Waals surface area contributed by atoms with Gasteiger partial charge in [0.1, 0.15) is 5.60 Å². The number of para-hydroxylation sites is 1. The zero-order valence-electron chi connectivity index (χ0n) is 17.1. The Morgan fingerprint density at radius 3 is 2.22 bits per heavy atom. The van der Waals surface area contributed by atoms with Gasteiger partial charge in [0.2, 0.25) is 0 Å². The summed E-state index contributed by atoms with van der Waals surface area (Å²) in [6, 6.07) is 9.67. The van der Waals surface area contributed by atoms with Crippen LogP contribution in [0.1, 0.15) is 70.4 Å². The number of carbonyl (C=O) groups excluding carboxylic acids is 3. The van der Waals surface area contributed by atoms with Crippen LogP contribution in [0, 0.1) is 5.41 Å². The number of aromatic nitrogens is 1. The van der Waals surface area contributed by atoms with Crippen LogP contribution in [-0.2, 0) is 20.7 Å². The number of rotatable bonds is 4. The minimum Gasteiger partial charge on any atom is -0.456 e. The monoisotopic (exact) mass is 371 g/mol. The molecule has 1 aromatic heterocycles. The summed E-state index contributed by atoms with van der Waals surface area (Å²) in [4.78, 5) is 33.6. The van der Waals surface area contributed by atoms with Gasteiger partial charge in [-0.3, -0.25) is 4.98 Å². The molecule has 27 heavy (non-hydrogen) atoms. The molecule has 0 atom stereocenters. The van der Waals surface area contributed by atoms with Crippen LogP contribution >= 0.6 is 0 Å². The number of esters is 1. The Morgan fingerprint density at radius 1 is 1.07 bits per heavy atom. The molecular formula is C22H29NO4. The molecule has 0 N–H and O–H groups in total. The Balaban J connectivity index is 0.00000114. The van der Waals surface area contributed by atoms with Gasteiger partial charge in [0.15, 0.2) is 0 Å². The van der Waals surface area contributed by atoms with Gasteiger partial charge in [-0.15, -0.1) is 0 Å². The number of hydrogen-bond acceptors (Lipinski definition) is 5. The van der Waals surface area contributed by atoms with E-state index in [0.29, 0.717) is 11.0 Å². The highest BCUT2D eigenvalue weighted by molar-refractivity contribution is 6.03. The number of pyridine rings is 1. The van der Waals surface area contributed by atoms with E-state index < -0.39 is 5.60 Å². The van der Waals surface area contributed by atoms with Gasteiger partial charge in [0.05, 0.1) is 11.1 Å². The Bertz CT molecular complexity index is 807. The molecule has 0 aliphatic rings. The molecule has 5 heteroatoms. The molecule has 0 saturated carbocycles. The summed E-state index contributed by atoms with van der Waals surface area (Å²) in [7, 11) is 0. The van der Waals surface area contributed by atoms with Crippen molar-refractivity contribution in [2.45, 2.75) is 66.4 Å². The summed E-state index contributed by atoms with van der Waals surface area (Å²) in [5.74, 6) is -0.279. The maximum absolute atomic E-state index is 12.6. The molecule has 0 aliphatic heterocycles. The van der Waals surface area contributed by atoms with E-state index in [2.05, 4.69) is 20.8 Å². The predicted octanol–water partition coefficient (Wildman–Crippen LogP) is 4.98. The van der Waals surface area contributed by atoms with Crippen molar-refractivity contribution in [2.24, 2.45) is 5.41 Å². The Kier molecular flexibility index (Phi) is 7.86. The van der Waals surface area contributed by atoms with E-state index in [1.165, 1.54) is 0 Å². The highest BCUT2D eigenvalue weighted by Gasteiger charge is 2.21. The summed E-state index contributed by atoms with van der Waals surface area (Å²) in [5.41, 5.74) is 2.23. The van der Waals surface area contributed by atoms with Crippen molar-refractivity contribution in [3.63, 3.8) is 0 Å². The summed E-state index contributed by atoms with van der Waals surface area (Å²) >= 11 is 0. The van der Waals surface area contributed by atoms with Gasteiger partial charge < -0.3 is 4.74 Å². The number of ether oxygens (including phenoxy) is 1. The van der Waals surface area contributed by atoms with Crippen molar-refractivity contribution in [2.75, 3.05) is 0 Å². The van der Waals surface area contributed by atoms with Crippen LogP contribution in [-0.4, -0.2) is 22.7 Å². The molecule has 0 saturated heterocycles. The van der Waals surface area contributed by atoms with Crippen molar-refractivity contribution in [3.8, 4) is 0 Å². The van der Waals surface area contributed by atoms with E-state index in [1.807, 2.05) is 51.1 Å². The fourth-order valence-electron chi connectivity index (χ4n) is 2.66. The van der Waals surface area contributed by atoms with Gasteiger partial charge in [-0.2, -0.15) is 9.59 Å². The van der Waals surface area contributed by atoms with E-state index in [-0.39, 0.29) is 12.1 Å². The van der Waals surface area contributed by atoms with E-state index in [9.17, 15) is 4.79 Å². The molecule has 0 aliphatic carbocycles. The fraction of sp³-hybridized carbons (Fsp3) is 0.500. The van der Waals surface area contributed by atoms with Gasteiger partial charge in [0.25, 0.3) is 0 Å². The molecule has 0 fully saturated rings. The topological polar surface area (TPSA) is 73.3 Å². The number of nitrogens with zero attached hydrogens (tertiary/aromatic N) is 1. The first kappa shape index (κ1) is 22.5. The molecule has 1 heterocycles. The minimum absolute atomic E-state index is 0.250. The summed E-state index contributed by atoms with van der Waals surface area (Å²) in [6.45, 7) is 12.4. The normalized spacial score (nSPS) is 11.3. The second-order valence-electron chi connectivity index (χ2n) is 8.68. The maximum Gasteiger partial charge on any atom is 0.373 e. The Hall–Kier alpha value is -2.52. The summed E-state index contributed by atoms with van der Waals surface area (Å²) < 4.78 is 5.58. The quantitative estimate of drug-likeness (QED) is 0.709. The zero-order valence-corrected chi connectivity index (χ0v) is 17.1. The molecule has 0 unspecified atom stereocenters. The fourth-order valence-corrected chi connectivity index (χ4v) is 2.66. The smallest absolute Gasteiger partial charge is 0.373 e. The first-order valence-corrected chi connectivity index (χ1v) is 9.08. The first-order chi connectivity index (χ1) is 12.5. The molecule has 1 aromatic carbocycles. The molecule has 2 aromatic rings. The molecule has 0 bridgehead atoms. The largest absolute Gasteiger partial charge is 0.456 e. The lowest BCUT2D eigenvalue weighted by atomic mass is 9.89. The van der Waals surface area contributed by atoms with Crippen molar-refractivity contribution in [1.82, 2.24) is 4.98 Å². The Labute approximate surface area is 161 Å². The Morgan fingerprint density at radius 2 is 1.67 bits per heavy atom. The number of aryl methyl sites for hydroxylation is 1. The highest BCUT2D eigenvalue weighted by atomic mass is 16.6. The number of hydrogen-bond donors (Lipinski definition) is 0. The van der Waals surface area contributed by atoms with Gasteiger partial charge in [-0.25, -0.2) is 4.79 Å². The van der Waals surface area contributed by atoms with E-state index >= 15 is 0 Å². The van der Waals surface area contributed by atoms with E-state index in [1.54, 1.807) is 0 Å². The second-order valence-corrected chi connectivity index (χ2v) is 8.68. The lowest BCUT2D eigenvalue weighted by molar-refractivity contribution is -0.191. The zero-order chi connectivity index (χ0) is 20.7. The van der Waals surface area contributed by atoms with Crippen molar-refractivity contribution >= 4 is 23.0 Å². The van der Waals surface area contributed by atoms with Crippen molar-refractivity contribution in [3.05, 3.63) is 41.6 Å². The third kappa shape index (κ3) is 8.14. The molecule has 2 rings (SSSR count). The van der Waals surface area contributed by atoms with Crippen molar-refractivity contribution < 1.29 is 19.1 Å². The van der Waals surface area contributed by atoms with Gasteiger partial charge in [0, 0.05) is 11.1 Å². The summed E-state index contributed by atoms with van der Waals surface area (Å²) in [6.07, 6.45) is 3.31. The summed E-state index contributed by atoms with van der Waals surface area (Å²) in [5, 5.41) is 0.853. The second kappa shape index (κ2) is 9.43. The SMILES string of the molecule is CC(C)(C)CCCc1cc(C(=O)OC(C)(C)C)c2ccccc2n1.O=C=O. The molecule has 146 valence electrons. The van der Waals surface area contributed by atoms with Crippen LogP contribution in [0.25, 0.3) is 10.9 Å². The van der Waals surface area contributed by atoms with E-state index in [0.717, 1.165) is 35.9 Å². The van der Waals surface area contributed by atoms with E-state index in [4.69, 9.17) is 19.3 Å². The number of carbonyl (C=O) groups is 1. The van der Waals surface area contributed by atoms with Crippen molar-refractivity contribution in [1.29, 1.82) is 0 Å². The van der Waals surface area contributed by atoms with Crippen LogP contribution in [0.4, 0.5) is 0 Å². The molecule has 5 nitrogen and oxygen atoms in total. The predicted molar refractivity (Wildman–Crippen MR) is 104 cm³/mol. The minimum atomic E-state index is -0.506. The van der Waals surface area contributed by atoms with Gasteiger partial charge in [-0.1, -0.05) is 39.0 Å². The van der Waals surface area contributed by atoms with Gasteiger partial charge >= 0.3 is 12.1 Å². The highest BCUT2D eigenvalue weighted by Crippen LogP contribution is 2.25.